The maximum atomic E-state index is 12.4. The number of ether oxygens (including phenoxy) is 2. The van der Waals surface area contributed by atoms with Crippen LogP contribution in [0.2, 0.25) is 0 Å². The van der Waals surface area contributed by atoms with E-state index in [4.69, 9.17) is 9.47 Å². The van der Waals surface area contributed by atoms with Gasteiger partial charge in [0.05, 0.1) is 19.8 Å². The number of anilines is 1. The summed E-state index contributed by atoms with van der Waals surface area (Å²) < 4.78 is 9.73. The first-order chi connectivity index (χ1) is 13.1. The minimum atomic E-state index is -0.602. The Morgan fingerprint density at radius 3 is 2.26 bits per heavy atom. The summed E-state index contributed by atoms with van der Waals surface area (Å²) in [6.45, 7) is 2.20. The first-order valence-corrected chi connectivity index (χ1v) is 9.26. The summed E-state index contributed by atoms with van der Waals surface area (Å²) in [5, 5.41) is 0. The number of aryl methyl sites for hydroxylation is 1. The zero-order valence-electron chi connectivity index (χ0n) is 16.2. The topological polar surface area (TPSA) is 55.8 Å². The quantitative estimate of drug-likeness (QED) is 0.505. The van der Waals surface area contributed by atoms with Crippen molar-refractivity contribution in [2.24, 2.45) is 0 Å². The summed E-state index contributed by atoms with van der Waals surface area (Å²) in [7, 11) is 2.58. The van der Waals surface area contributed by atoms with Gasteiger partial charge in [-0.2, -0.15) is 0 Å². The summed E-state index contributed by atoms with van der Waals surface area (Å²) in [6.07, 6.45) is 12.6. The molecule has 5 heteroatoms. The minimum Gasteiger partial charge on any atom is -0.465 e. The highest BCUT2D eigenvalue weighted by Gasteiger charge is 2.27. The van der Waals surface area contributed by atoms with Gasteiger partial charge in [0.25, 0.3) is 0 Å². The van der Waals surface area contributed by atoms with Crippen molar-refractivity contribution >= 4 is 17.6 Å². The molecule has 1 aromatic rings. The van der Waals surface area contributed by atoms with Gasteiger partial charge in [0.15, 0.2) is 0 Å². The van der Waals surface area contributed by atoms with Crippen LogP contribution in [0.25, 0.3) is 0 Å². The van der Waals surface area contributed by atoms with Gasteiger partial charge in [0, 0.05) is 11.9 Å². The Morgan fingerprint density at radius 2 is 1.63 bits per heavy atom. The van der Waals surface area contributed by atoms with Crippen molar-refractivity contribution in [3.8, 4) is 0 Å². The van der Waals surface area contributed by atoms with Crippen molar-refractivity contribution in [2.45, 2.75) is 39.0 Å². The van der Waals surface area contributed by atoms with Crippen LogP contribution in [0.3, 0.4) is 0 Å². The number of carbonyl (C=O) groups is 2. The third kappa shape index (κ3) is 5.33. The third-order valence-corrected chi connectivity index (χ3v) is 4.42. The molecule has 0 N–H and O–H groups in total. The van der Waals surface area contributed by atoms with E-state index in [2.05, 4.69) is 19.1 Å². The molecule has 5 nitrogen and oxygen atoms in total. The number of methoxy groups -OCH3 is 2. The largest absolute Gasteiger partial charge is 0.465 e. The number of carbonyl (C=O) groups excluding carboxylic acids is 2. The Hall–Kier alpha value is -2.82. The number of benzene rings is 1. The lowest BCUT2D eigenvalue weighted by molar-refractivity contribution is -0.139. The average Bonchev–Trinajstić information content (AvgIpc) is 2.93. The lowest BCUT2D eigenvalue weighted by Crippen LogP contribution is -2.26. The van der Waals surface area contributed by atoms with E-state index in [-0.39, 0.29) is 11.3 Å². The molecule has 2 rings (SSSR count). The van der Waals surface area contributed by atoms with Crippen LogP contribution in [0.5, 0.6) is 0 Å². The first-order valence-electron chi connectivity index (χ1n) is 9.26. The number of esters is 2. The van der Waals surface area contributed by atoms with E-state index in [1.54, 1.807) is 29.3 Å². The Labute approximate surface area is 161 Å². The molecule has 1 aliphatic heterocycles. The molecule has 0 aliphatic carbocycles. The van der Waals surface area contributed by atoms with Gasteiger partial charge < -0.3 is 14.4 Å². The van der Waals surface area contributed by atoms with Crippen LogP contribution in [0.4, 0.5) is 5.69 Å². The molecule has 1 heterocycles. The molecule has 1 aromatic carbocycles. The number of hydrogen-bond acceptors (Lipinski definition) is 5. The third-order valence-electron chi connectivity index (χ3n) is 4.42. The zero-order chi connectivity index (χ0) is 19.6. The predicted molar refractivity (Wildman–Crippen MR) is 106 cm³/mol. The van der Waals surface area contributed by atoms with Gasteiger partial charge in [0.2, 0.25) is 0 Å². The van der Waals surface area contributed by atoms with Gasteiger partial charge in [-0.05, 0) is 42.7 Å². The van der Waals surface area contributed by atoms with E-state index in [0.29, 0.717) is 0 Å². The highest BCUT2D eigenvalue weighted by atomic mass is 16.5. The van der Waals surface area contributed by atoms with Crippen molar-refractivity contribution in [1.82, 2.24) is 0 Å². The molecule has 144 valence electrons. The number of rotatable bonds is 8. The smallest absolute Gasteiger partial charge is 0.355 e. The average molecular weight is 369 g/mol. The van der Waals surface area contributed by atoms with Crippen molar-refractivity contribution in [3.05, 3.63) is 65.5 Å². The number of allylic oxidation sites excluding steroid dienone is 2. The Bertz CT molecular complexity index is 744. The van der Waals surface area contributed by atoms with Crippen LogP contribution in [0, 0.1) is 0 Å². The van der Waals surface area contributed by atoms with Crippen LogP contribution < -0.4 is 4.90 Å². The number of unbranched alkanes of at least 4 members (excludes halogenated alkanes) is 3. The molecule has 0 unspecified atom stereocenters. The predicted octanol–water partition coefficient (Wildman–Crippen LogP) is 4.30. The van der Waals surface area contributed by atoms with Gasteiger partial charge in [0.1, 0.15) is 5.70 Å². The van der Waals surface area contributed by atoms with E-state index in [9.17, 15) is 9.59 Å². The van der Waals surface area contributed by atoms with Gasteiger partial charge in [-0.15, -0.1) is 0 Å². The van der Waals surface area contributed by atoms with Crippen LogP contribution in [-0.4, -0.2) is 26.2 Å². The van der Waals surface area contributed by atoms with E-state index in [0.717, 1.165) is 12.1 Å². The molecule has 0 fully saturated rings. The normalized spacial score (nSPS) is 13.5. The van der Waals surface area contributed by atoms with E-state index in [1.165, 1.54) is 45.5 Å². The Balaban J connectivity index is 2.31. The van der Waals surface area contributed by atoms with E-state index in [1.807, 2.05) is 12.1 Å². The molecule has 0 spiro atoms. The van der Waals surface area contributed by atoms with E-state index >= 15 is 0 Å². The first kappa shape index (κ1) is 20.5. The SMILES string of the molecule is CCCCCCc1ccc(N2C=CC=CC(C(=O)OC)=C2C(=O)OC)cc1. The van der Waals surface area contributed by atoms with Gasteiger partial charge in [-0.1, -0.05) is 44.4 Å². The van der Waals surface area contributed by atoms with Gasteiger partial charge in [-0.3, -0.25) is 0 Å². The van der Waals surface area contributed by atoms with E-state index < -0.39 is 11.9 Å². The fourth-order valence-electron chi connectivity index (χ4n) is 2.94. The summed E-state index contributed by atoms with van der Waals surface area (Å²) in [5.41, 5.74) is 2.31. The molecule has 27 heavy (non-hydrogen) atoms. The monoisotopic (exact) mass is 369 g/mol. The number of hydrogen-bond donors (Lipinski definition) is 0. The summed E-state index contributed by atoms with van der Waals surface area (Å²) in [4.78, 5) is 26.2. The van der Waals surface area contributed by atoms with Crippen molar-refractivity contribution in [1.29, 1.82) is 0 Å². The molecule has 1 aliphatic rings. The highest BCUT2D eigenvalue weighted by molar-refractivity contribution is 6.05. The van der Waals surface area contributed by atoms with Crippen molar-refractivity contribution in [3.63, 3.8) is 0 Å². The van der Waals surface area contributed by atoms with Crippen LogP contribution in [0.1, 0.15) is 38.2 Å². The summed E-state index contributed by atoms with van der Waals surface area (Å²) in [6, 6.07) is 8.01. The molecule has 0 atom stereocenters. The molecule has 0 saturated heterocycles. The second-order valence-corrected chi connectivity index (χ2v) is 6.29. The van der Waals surface area contributed by atoms with Gasteiger partial charge >= 0.3 is 11.9 Å². The fraction of sp³-hybridized carbons (Fsp3) is 0.364. The highest BCUT2D eigenvalue weighted by Crippen LogP contribution is 2.26. The maximum absolute atomic E-state index is 12.4. The van der Waals surface area contributed by atoms with Crippen LogP contribution in [0.15, 0.2) is 60.0 Å². The zero-order valence-corrected chi connectivity index (χ0v) is 16.2. The number of nitrogens with zero attached hydrogens (tertiary/aromatic N) is 1. The molecule has 0 amide bonds. The molecule has 0 radical (unpaired) electrons. The van der Waals surface area contributed by atoms with Crippen molar-refractivity contribution < 1.29 is 19.1 Å². The minimum absolute atomic E-state index is 0.130. The second kappa shape index (κ2) is 10.4. The molecule has 0 bridgehead atoms. The fourth-order valence-corrected chi connectivity index (χ4v) is 2.94. The Morgan fingerprint density at radius 1 is 0.926 bits per heavy atom. The van der Waals surface area contributed by atoms with Crippen LogP contribution >= 0.6 is 0 Å². The molecule has 0 aromatic heterocycles. The summed E-state index contributed by atoms with van der Waals surface area (Å²) in [5.74, 6) is -1.19. The maximum Gasteiger partial charge on any atom is 0.355 e. The summed E-state index contributed by atoms with van der Waals surface area (Å²) >= 11 is 0. The lowest BCUT2D eigenvalue weighted by Gasteiger charge is -2.23. The standard InChI is InChI=1S/C22H27NO4/c1-4-5-6-7-10-17-12-14-18(15-13-17)23-16-9-8-11-19(21(24)26-2)20(23)22(25)27-3/h8-9,11-16H,4-7,10H2,1-3H3. The lowest BCUT2D eigenvalue weighted by atomic mass is 10.1. The van der Waals surface area contributed by atoms with Crippen LogP contribution in [-0.2, 0) is 25.5 Å². The molecular weight excluding hydrogens is 342 g/mol. The molecule has 0 saturated carbocycles. The Kier molecular flexibility index (Phi) is 7.86. The molecular formula is C22H27NO4. The van der Waals surface area contributed by atoms with Crippen molar-refractivity contribution in [2.75, 3.05) is 19.1 Å². The second-order valence-electron chi connectivity index (χ2n) is 6.29. The van der Waals surface area contributed by atoms with Gasteiger partial charge in [-0.25, -0.2) is 9.59 Å².